The van der Waals surface area contributed by atoms with Crippen LogP contribution in [0, 0.1) is 5.92 Å². The molecule has 0 radical (unpaired) electrons. The van der Waals surface area contributed by atoms with Gasteiger partial charge in [0.15, 0.2) is 0 Å². The largest absolute Gasteiger partial charge is 0.492 e. The van der Waals surface area contributed by atoms with E-state index in [9.17, 15) is 4.79 Å². The van der Waals surface area contributed by atoms with E-state index in [-0.39, 0.29) is 5.92 Å². The minimum absolute atomic E-state index is 0.0816. The fourth-order valence-electron chi connectivity index (χ4n) is 2.83. The van der Waals surface area contributed by atoms with Gasteiger partial charge in [0.05, 0.1) is 5.88 Å². The topological polar surface area (TPSA) is 26.3 Å². The van der Waals surface area contributed by atoms with Gasteiger partial charge in [-0.15, -0.1) is 11.6 Å². The van der Waals surface area contributed by atoms with E-state index in [2.05, 4.69) is 35.0 Å². The molecule has 2 aromatic rings. The van der Waals surface area contributed by atoms with Crippen molar-refractivity contribution in [1.82, 2.24) is 0 Å². The molecule has 2 rings (SSSR count). The van der Waals surface area contributed by atoms with E-state index in [4.69, 9.17) is 16.3 Å². The van der Waals surface area contributed by atoms with Crippen molar-refractivity contribution in [3.8, 4) is 5.75 Å². The maximum absolute atomic E-state index is 11.5. The predicted molar refractivity (Wildman–Crippen MR) is 103 cm³/mol. The maximum atomic E-state index is 11.5. The van der Waals surface area contributed by atoms with Crippen LogP contribution in [0.15, 0.2) is 53.0 Å². The van der Waals surface area contributed by atoms with E-state index in [1.165, 1.54) is 5.56 Å². The molecule has 2 nitrogen and oxygen atoms in total. The predicted octanol–water partition coefficient (Wildman–Crippen LogP) is 5.62. The molecule has 4 heteroatoms. The van der Waals surface area contributed by atoms with E-state index in [1.54, 1.807) is 0 Å². The number of aldehydes is 1. The Morgan fingerprint density at radius 2 is 1.88 bits per heavy atom. The van der Waals surface area contributed by atoms with Crippen LogP contribution >= 0.6 is 27.5 Å². The quantitative estimate of drug-likeness (QED) is 0.397. The van der Waals surface area contributed by atoms with E-state index in [0.717, 1.165) is 34.9 Å². The third kappa shape index (κ3) is 5.64. The molecule has 0 saturated heterocycles. The highest BCUT2D eigenvalue weighted by atomic mass is 79.9. The molecule has 24 heavy (non-hydrogen) atoms. The summed E-state index contributed by atoms with van der Waals surface area (Å²) in [6.07, 6.45) is 2.82. The highest BCUT2D eigenvalue weighted by Gasteiger charge is 2.17. The van der Waals surface area contributed by atoms with Gasteiger partial charge in [0.2, 0.25) is 0 Å². The van der Waals surface area contributed by atoms with Gasteiger partial charge in [-0.25, -0.2) is 0 Å². The van der Waals surface area contributed by atoms with Gasteiger partial charge in [0.25, 0.3) is 0 Å². The van der Waals surface area contributed by atoms with Crippen LogP contribution in [-0.4, -0.2) is 18.8 Å². The van der Waals surface area contributed by atoms with Gasteiger partial charge in [0.1, 0.15) is 18.6 Å². The van der Waals surface area contributed by atoms with E-state index in [0.29, 0.717) is 18.4 Å². The minimum Gasteiger partial charge on any atom is -0.492 e. The van der Waals surface area contributed by atoms with Crippen LogP contribution in [-0.2, 0) is 11.2 Å². The Kier molecular flexibility index (Phi) is 7.80. The maximum Gasteiger partial charge on any atom is 0.127 e. The molecule has 0 spiro atoms. The van der Waals surface area contributed by atoms with Crippen molar-refractivity contribution in [1.29, 1.82) is 0 Å². The molecule has 0 fully saturated rings. The molecule has 0 aliphatic rings. The third-order valence-corrected chi connectivity index (χ3v) is 4.86. The summed E-state index contributed by atoms with van der Waals surface area (Å²) in [5.41, 5.74) is 2.31. The average molecular weight is 410 g/mol. The summed E-state index contributed by atoms with van der Waals surface area (Å²) in [7, 11) is 0. The van der Waals surface area contributed by atoms with Crippen LogP contribution in [0.1, 0.15) is 30.4 Å². The molecule has 0 amide bonds. The minimum atomic E-state index is -0.0816. The van der Waals surface area contributed by atoms with Crippen LogP contribution in [0.2, 0.25) is 0 Å². The number of ether oxygens (including phenoxy) is 1. The first-order valence-electron chi connectivity index (χ1n) is 8.11. The molecule has 0 bridgehead atoms. The van der Waals surface area contributed by atoms with Crippen molar-refractivity contribution in [2.75, 3.05) is 12.5 Å². The molecule has 128 valence electrons. The van der Waals surface area contributed by atoms with Gasteiger partial charge in [-0.1, -0.05) is 53.2 Å². The zero-order valence-electron chi connectivity index (χ0n) is 13.8. The summed E-state index contributed by atoms with van der Waals surface area (Å²) in [6, 6.07) is 16.0. The van der Waals surface area contributed by atoms with Crippen LogP contribution in [0.5, 0.6) is 5.75 Å². The lowest BCUT2D eigenvalue weighted by atomic mass is 9.87. The number of halogens is 2. The van der Waals surface area contributed by atoms with Crippen molar-refractivity contribution in [2.45, 2.75) is 25.7 Å². The molecule has 2 atom stereocenters. The van der Waals surface area contributed by atoms with Crippen LogP contribution in [0.4, 0.5) is 0 Å². The summed E-state index contributed by atoms with van der Waals surface area (Å²) in [4.78, 5) is 11.5. The Balaban J connectivity index is 1.95. The van der Waals surface area contributed by atoms with Gasteiger partial charge in [-0.2, -0.15) is 0 Å². The Hall–Kier alpha value is -1.32. The lowest BCUT2D eigenvalue weighted by molar-refractivity contribution is -0.109. The number of hydrogen-bond acceptors (Lipinski definition) is 2. The monoisotopic (exact) mass is 408 g/mol. The Labute approximate surface area is 157 Å². The highest BCUT2D eigenvalue weighted by Crippen LogP contribution is 2.29. The average Bonchev–Trinajstić information content (AvgIpc) is 2.60. The Morgan fingerprint density at radius 1 is 1.17 bits per heavy atom. The summed E-state index contributed by atoms with van der Waals surface area (Å²) >= 11 is 9.16. The molecule has 0 heterocycles. The normalized spacial score (nSPS) is 13.3. The van der Waals surface area contributed by atoms with E-state index >= 15 is 0 Å². The Bertz CT molecular complexity index is 642. The number of alkyl halides is 1. The standard InChI is InChI=1S/C20H22BrClO2/c1-15(12-16-6-8-18(9-7-16)24-11-10-22)13-17(14-23)19-4-2-3-5-20(19)21/h2-9,14-15,17H,10-13H2,1H3. The molecule has 0 saturated carbocycles. The summed E-state index contributed by atoms with van der Waals surface area (Å²) in [5.74, 6) is 1.65. The third-order valence-electron chi connectivity index (χ3n) is 3.98. The van der Waals surface area contributed by atoms with E-state index in [1.807, 2.05) is 36.4 Å². The van der Waals surface area contributed by atoms with Gasteiger partial charge in [-0.05, 0) is 48.1 Å². The van der Waals surface area contributed by atoms with Crippen molar-refractivity contribution >= 4 is 33.8 Å². The number of benzene rings is 2. The first-order chi connectivity index (χ1) is 11.6. The fourth-order valence-corrected chi connectivity index (χ4v) is 3.48. The summed E-state index contributed by atoms with van der Waals surface area (Å²) in [5, 5.41) is 0. The summed E-state index contributed by atoms with van der Waals surface area (Å²) < 4.78 is 6.48. The molecular weight excluding hydrogens is 388 g/mol. The molecule has 2 aromatic carbocycles. The van der Waals surface area contributed by atoms with Crippen molar-refractivity contribution in [2.24, 2.45) is 5.92 Å². The molecule has 2 unspecified atom stereocenters. The van der Waals surface area contributed by atoms with Gasteiger partial charge >= 0.3 is 0 Å². The molecule has 0 aliphatic carbocycles. The molecule has 0 aromatic heterocycles. The first-order valence-corrected chi connectivity index (χ1v) is 9.44. The highest BCUT2D eigenvalue weighted by molar-refractivity contribution is 9.10. The SMILES string of the molecule is CC(Cc1ccc(OCCCl)cc1)CC(C=O)c1ccccc1Br. The second-order valence-corrected chi connectivity index (χ2v) is 7.22. The molecule has 0 N–H and O–H groups in total. The number of carbonyl (C=O) groups is 1. The van der Waals surface area contributed by atoms with Gasteiger partial charge < -0.3 is 9.53 Å². The van der Waals surface area contributed by atoms with Crippen LogP contribution < -0.4 is 4.74 Å². The molecular formula is C20H22BrClO2. The van der Waals surface area contributed by atoms with Gasteiger partial charge in [-0.3, -0.25) is 0 Å². The summed E-state index contributed by atoms with van der Waals surface area (Å²) in [6.45, 7) is 2.70. The van der Waals surface area contributed by atoms with Gasteiger partial charge in [0, 0.05) is 10.4 Å². The zero-order chi connectivity index (χ0) is 17.4. The van der Waals surface area contributed by atoms with Crippen LogP contribution in [0.25, 0.3) is 0 Å². The fraction of sp³-hybridized carbons (Fsp3) is 0.350. The van der Waals surface area contributed by atoms with Crippen molar-refractivity contribution < 1.29 is 9.53 Å². The lowest BCUT2D eigenvalue weighted by Gasteiger charge is -2.18. The van der Waals surface area contributed by atoms with Crippen LogP contribution in [0.3, 0.4) is 0 Å². The second-order valence-electron chi connectivity index (χ2n) is 5.99. The molecule has 0 aliphatic heterocycles. The number of rotatable bonds is 9. The second kappa shape index (κ2) is 9.85. The smallest absolute Gasteiger partial charge is 0.127 e. The zero-order valence-corrected chi connectivity index (χ0v) is 16.1. The van der Waals surface area contributed by atoms with Crippen molar-refractivity contribution in [3.05, 3.63) is 64.1 Å². The number of carbonyl (C=O) groups excluding carboxylic acids is 1. The van der Waals surface area contributed by atoms with Crippen molar-refractivity contribution in [3.63, 3.8) is 0 Å². The van der Waals surface area contributed by atoms with E-state index < -0.39 is 0 Å². The Morgan fingerprint density at radius 3 is 2.50 bits per heavy atom. The lowest BCUT2D eigenvalue weighted by Crippen LogP contribution is -2.09. The first kappa shape index (κ1) is 19.0. The number of hydrogen-bond donors (Lipinski definition) is 0.